The quantitative estimate of drug-likeness (QED) is 0.759. The molecule has 1 N–H and O–H groups in total. The molecule has 0 fully saturated rings. The van der Waals surface area contributed by atoms with Crippen molar-refractivity contribution in [1.82, 2.24) is 15.3 Å². The predicted octanol–water partition coefficient (Wildman–Crippen LogP) is 3.33. The number of rotatable bonds is 5. The number of hydrogen-bond acceptors (Lipinski definition) is 6. The minimum Gasteiger partial charge on any atom is -0.467 e. The van der Waals surface area contributed by atoms with Gasteiger partial charge in [-0.25, -0.2) is 9.97 Å². The molecule has 1 amide bonds. The number of amides is 1. The van der Waals surface area contributed by atoms with Gasteiger partial charge in [-0.2, -0.15) is 0 Å². The van der Waals surface area contributed by atoms with E-state index in [1.807, 2.05) is 17.5 Å². The van der Waals surface area contributed by atoms with Gasteiger partial charge < -0.3 is 10.1 Å². The summed E-state index contributed by atoms with van der Waals surface area (Å²) in [5.41, 5.74) is 1.32. The summed E-state index contributed by atoms with van der Waals surface area (Å²) in [7, 11) is 0. The van der Waals surface area contributed by atoms with Gasteiger partial charge in [0.05, 0.1) is 11.9 Å². The molecule has 124 valence electrons. The number of ether oxygens (including phenoxy) is 1. The number of aromatic nitrogens is 2. The van der Waals surface area contributed by atoms with Gasteiger partial charge in [0.1, 0.15) is 11.2 Å². The van der Waals surface area contributed by atoms with E-state index in [1.165, 1.54) is 29.6 Å². The van der Waals surface area contributed by atoms with Crippen LogP contribution in [0.15, 0.2) is 23.8 Å². The van der Waals surface area contributed by atoms with Crippen LogP contribution in [-0.4, -0.2) is 22.5 Å². The molecule has 0 aromatic carbocycles. The normalized spacial score (nSPS) is 13.7. The van der Waals surface area contributed by atoms with Crippen molar-refractivity contribution in [3.05, 3.63) is 39.2 Å². The second-order valence-electron chi connectivity index (χ2n) is 5.71. The maximum atomic E-state index is 12.0. The van der Waals surface area contributed by atoms with Crippen molar-refractivity contribution in [3.63, 3.8) is 0 Å². The van der Waals surface area contributed by atoms with E-state index >= 15 is 0 Å². The molecular formula is C17H17N3O2S2. The average molecular weight is 359 g/mol. The smallest absolute Gasteiger partial charge is 0.258 e. The van der Waals surface area contributed by atoms with Crippen molar-refractivity contribution in [1.29, 1.82) is 0 Å². The van der Waals surface area contributed by atoms with Crippen molar-refractivity contribution < 1.29 is 9.53 Å². The number of nitrogens with zero attached hydrogens (tertiary/aromatic N) is 2. The zero-order valence-corrected chi connectivity index (χ0v) is 14.7. The van der Waals surface area contributed by atoms with Gasteiger partial charge in [-0.15, -0.1) is 22.7 Å². The number of fused-ring (bicyclic) bond motifs is 3. The summed E-state index contributed by atoms with van der Waals surface area (Å²) >= 11 is 3.35. The third-order valence-corrected chi connectivity index (χ3v) is 6.17. The van der Waals surface area contributed by atoms with E-state index in [2.05, 4.69) is 15.3 Å². The Balaban J connectivity index is 1.46. The molecule has 0 spiro atoms. The van der Waals surface area contributed by atoms with Crippen molar-refractivity contribution in [3.8, 4) is 5.88 Å². The van der Waals surface area contributed by atoms with Gasteiger partial charge in [0.2, 0.25) is 5.88 Å². The highest BCUT2D eigenvalue weighted by Crippen LogP contribution is 2.38. The molecule has 4 rings (SSSR count). The van der Waals surface area contributed by atoms with Gasteiger partial charge in [-0.1, -0.05) is 6.07 Å². The number of carbonyl (C=O) groups excluding carboxylic acids is 1. The van der Waals surface area contributed by atoms with Crippen LogP contribution in [0.2, 0.25) is 0 Å². The number of thiophene rings is 2. The highest BCUT2D eigenvalue weighted by Gasteiger charge is 2.20. The van der Waals surface area contributed by atoms with Gasteiger partial charge >= 0.3 is 0 Å². The standard InChI is InChI=1S/C17H17N3O2S2/c21-14(18-8-11-4-3-7-23-11)9-22-16-15-12-5-1-2-6-13(12)24-17(15)20-10-19-16/h3-4,7,10H,1-2,5-6,8-9H2,(H,18,21). The van der Waals surface area contributed by atoms with E-state index < -0.39 is 0 Å². The maximum absolute atomic E-state index is 12.0. The summed E-state index contributed by atoms with van der Waals surface area (Å²) < 4.78 is 5.72. The lowest BCUT2D eigenvalue weighted by Gasteiger charge is -2.12. The highest BCUT2D eigenvalue weighted by molar-refractivity contribution is 7.18. The highest BCUT2D eigenvalue weighted by atomic mass is 32.1. The SMILES string of the molecule is O=C(COc1ncnc2sc3c(c12)CCCC3)NCc1cccs1. The molecular weight excluding hydrogens is 342 g/mol. The van der Waals surface area contributed by atoms with Crippen LogP contribution in [0.1, 0.15) is 28.2 Å². The Kier molecular flexibility index (Phi) is 4.44. The van der Waals surface area contributed by atoms with E-state index in [-0.39, 0.29) is 12.5 Å². The van der Waals surface area contributed by atoms with Crippen LogP contribution in [-0.2, 0) is 24.2 Å². The zero-order chi connectivity index (χ0) is 16.4. The first-order valence-electron chi connectivity index (χ1n) is 7.98. The van der Waals surface area contributed by atoms with E-state index in [4.69, 9.17) is 4.74 Å². The molecule has 0 saturated heterocycles. The predicted molar refractivity (Wildman–Crippen MR) is 95.7 cm³/mol. The fourth-order valence-electron chi connectivity index (χ4n) is 2.95. The fourth-order valence-corrected chi connectivity index (χ4v) is 4.82. The Morgan fingerprint density at radius 2 is 2.21 bits per heavy atom. The molecule has 1 aliphatic rings. The van der Waals surface area contributed by atoms with E-state index in [1.54, 1.807) is 22.7 Å². The first kappa shape index (κ1) is 15.5. The van der Waals surface area contributed by atoms with Crippen LogP contribution in [0.5, 0.6) is 5.88 Å². The molecule has 1 aliphatic carbocycles. The summed E-state index contributed by atoms with van der Waals surface area (Å²) in [4.78, 5) is 24.1. The van der Waals surface area contributed by atoms with Crippen LogP contribution in [0.4, 0.5) is 0 Å². The molecule has 5 nitrogen and oxygen atoms in total. The third-order valence-electron chi connectivity index (χ3n) is 4.10. The summed E-state index contributed by atoms with van der Waals surface area (Å²) in [6.07, 6.45) is 6.09. The third kappa shape index (κ3) is 3.14. The molecule has 24 heavy (non-hydrogen) atoms. The zero-order valence-electron chi connectivity index (χ0n) is 13.1. The summed E-state index contributed by atoms with van der Waals surface area (Å²) in [6, 6.07) is 3.97. The second-order valence-corrected chi connectivity index (χ2v) is 7.83. The summed E-state index contributed by atoms with van der Waals surface area (Å²) in [5.74, 6) is 0.393. The molecule has 0 atom stereocenters. The largest absolute Gasteiger partial charge is 0.467 e. The first-order valence-corrected chi connectivity index (χ1v) is 9.68. The molecule has 0 unspecified atom stereocenters. The van der Waals surface area contributed by atoms with Gasteiger partial charge in [0.15, 0.2) is 6.61 Å². The molecule has 0 saturated carbocycles. The average Bonchev–Trinajstić information content (AvgIpc) is 3.25. The van der Waals surface area contributed by atoms with Gasteiger partial charge in [0, 0.05) is 9.75 Å². The van der Waals surface area contributed by atoms with Crippen LogP contribution in [0.25, 0.3) is 10.2 Å². The summed E-state index contributed by atoms with van der Waals surface area (Å²) in [6.45, 7) is 0.509. The Hall–Kier alpha value is -1.99. The van der Waals surface area contributed by atoms with Crippen molar-refractivity contribution in [2.45, 2.75) is 32.2 Å². The minimum absolute atomic E-state index is 0.0257. The molecule has 3 aromatic rings. The van der Waals surface area contributed by atoms with Crippen molar-refractivity contribution in [2.24, 2.45) is 0 Å². The number of aryl methyl sites for hydroxylation is 2. The van der Waals surface area contributed by atoms with Crippen LogP contribution in [0, 0.1) is 0 Å². The monoisotopic (exact) mass is 359 g/mol. The van der Waals surface area contributed by atoms with E-state index in [9.17, 15) is 4.79 Å². The molecule has 3 aromatic heterocycles. The maximum Gasteiger partial charge on any atom is 0.258 e. The Bertz CT molecular complexity index is 858. The lowest BCUT2D eigenvalue weighted by Crippen LogP contribution is -2.28. The first-order chi connectivity index (χ1) is 11.8. The van der Waals surface area contributed by atoms with Gasteiger partial charge in [-0.05, 0) is 42.7 Å². The number of hydrogen-bond donors (Lipinski definition) is 1. The van der Waals surface area contributed by atoms with Crippen molar-refractivity contribution in [2.75, 3.05) is 6.61 Å². The van der Waals surface area contributed by atoms with Gasteiger partial charge in [-0.3, -0.25) is 4.79 Å². The lowest BCUT2D eigenvalue weighted by molar-refractivity contribution is -0.123. The van der Waals surface area contributed by atoms with Gasteiger partial charge in [0.25, 0.3) is 5.91 Å². The van der Waals surface area contributed by atoms with Crippen LogP contribution in [0.3, 0.4) is 0 Å². The topological polar surface area (TPSA) is 64.1 Å². The Morgan fingerprint density at radius 3 is 3.08 bits per heavy atom. The molecule has 0 bridgehead atoms. The molecule has 3 heterocycles. The van der Waals surface area contributed by atoms with Crippen LogP contribution < -0.4 is 10.1 Å². The minimum atomic E-state index is -0.140. The Morgan fingerprint density at radius 1 is 1.29 bits per heavy atom. The number of carbonyl (C=O) groups is 1. The molecule has 0 radical (unpaired) electrons. The molecule has 0 aliphatic heterocycles. The van der Waals surface area contributed by atoms with Crippen LogP contribution >= 0.6 is 22.7 Å². The van der Waals surface area contributed by atoms with E-state index in [0.29, 0.717) is 12.4 Å². The fraction of sp³-hybridized carbons (Fsp3) is 0.353. The van der Waals surface area contributed by atoms with Crippen molar-refractivity contribution >= 4 is 38.8 Å². The molecule has 7 heteroatoms. The number of nitrogens with one attached hydrogen (secondary N) is 1. The summed E-state index contributed by atoms with van der Waals surface area (Å²) in [5, 5.41) is 5.86. The van der Waals surface area contributed by atoms with E-state index in [0.717, 1.165) is 27.9 Å². The lowest BCUT2D eigenvalue weighted by atomic mass is 9.97. The Labute approximate surface area is 147 Å². The second kappa shape index (κ2) is 6.86.